The predicted octanol–water partition coefficient (Wildman–Crippen LogP) is 8.09. The van der Waals surface area contributed by atoms with Gasteiger partial charge in [-0.05, 0) is 92.1 Å². The Bertz CT molecular complexity index is 2780. The Labute approximate surface area is 449 Å². The summed E-state index contributed by atoms with van der Waals surface area (Å²) in [4.78, 5) is 9.69. The molecule has 6 nitrogen and oxygen atoms in total. The van der Waals surface area contributed by atoms with Crippen LogP contribution in [-0.4, -0.2) is 57.2 Å². The molecule has 4 bridgehead atoms. The summed E-state index contributed by atoms with van der Waals surface area (Å²) in [5.74, 6) is 2.39. The number of nitrogens with zero attached hydrogens (tertiary/aromatic N) is 4. The van der Waals surface area contributed by atoms with Gasteiger partial charge in [-0.3, -0.25) is 9.97 Å². The molecule has 6 fully saturated rings. The zero-order valence-electron chi connectivity index (χ0n) is 42.6. The number of para-hydroxylation sites is 2. The number of piperidine rings is 6. The minimum Gasteiger partial charge on any atom is -1.00 e. The van der Waals surface area contributed by atoms with Crippen LogP contribution in [0.4, 0.5) is 0 Å². The molecule has 0 aliphatic carbocycles. The van der Waals surface area contributed by atoms with Crippen molar-refractivity contribution < 1.29 is 52.4 Å². The summed E-state index contributed by atoms with van der Waals surface area (Å²) in [5, 5.41) is 2.41. The summed E-state index contributed by atoms with van der Waals surface area (Å²) < 4.78 is 16.8. The predicted molar refractivity (Wildman–Crippen MR) is 284 cm³/mol. The molecule has 0 N–H and O–H groups in total. The number of aromatic nitrogens is 2. The number of hydrogen-bond acceptors (Lipinski definition) is 4. The minimum atomic E-state index is -0.0791. The second-order valence-corrected chi connectivity index (χ2v) is 22.2. The summed E-state index contributed by atoms with van der Waals surface area (Å²) in [6, 6.07) is 53.9. The molecule has 6 aliphatic rings. The molecule has 6 saturated heterocycles. The van der Waals surface area contributed by atoms with Crippen LogP contribution in [0.1, 0.15) is 99.0 Å². The molecule has 374 valence electrons. The van der Waals surface area contributed by atoms with Gasteiger partial charge in [0.2, 0.25) is 0 Å². The normalized spacial score (nSPS) is 26.0. The van der Waals surface area contributed by atoms with E-state index in [4.69, 9.17) is 19.4 Å². The van der Waals surface area contributed by atoms with Crippen LogP contribution in [0.2, 0.25) is 0 Å². The molecule has 0 saturated carbocycles. The maximum absolute atomic E-state index is 7.35. The third-order valence-electron chi connectivity index (χ3n) is 17.0. The van der Waals surface area contributed by atoms with Gasteiger partial charge in [0, 0.05) is 71.8 Å². The molecule has 8 heteroatoms. The van der Waals surface area contributed by atoms with Crippen molar-refractivity contribution in [2.45, 2.75) is 104 Å². The fraction of sp³-hybridized carbons (Fsp3) is 0.375. The smallest absolute Gasteiger partial charge is 0.135 e. The van der Waals surface area contributed by atoms with E-state index >= 15 is 0 Å². The van der Waals surface area contributed by atoms with E-state index < -0.39 is 0 Å². The lowest BCUT2D eigenvalue weighted by Crippen LogP contribution is -3.00. The lowest BCUT2D eigenvalue weighted by Gasteiger charge is -2.59. The quantitative estimate of drug-likeness (QED) is 0.0726. The SMILES string of the molecule is CC(C)=C[C@H]1C[N+]2(Cc3cccc(C[N+]45CC[C@@H](C[C@@H]4[C@H](OCc4ccccc4)c4ccnc6ccccc46)[C@@H](C=C(C)C)C5)c3)CC[C@H]1C[C@@H]2[C@H](OCc1ccccc1)c1ccnc2ccccc12.[Br-].[Br-]. The number of benzene rings is 5. The highest BCUT2D eigenvalue weighted by molar-refractivity contribution is 5.83. The fourth-order valence-electron chi connectivity index (χ4n) is 14.0. The van der Waals surface area contributed by atoms with Gasteiger partial charge in [-0.15, -0.1) is 0 Å². The largest absolute Gasteiger partial charge is 1.00 e. The van der Waals surface area contributed by atoms with Gasteiger partial charge in [0.15, 0.2) is 0 Å². The van der Waals surface area contributed by atoms with Gasteiger partial charge >= 0.3 is 0 Å². The number of pyridine rings is 2. The lowest BCUT2D eigenvalue weighted by atomic mass is 9.70. The Balaban J connectivity index is 0.00000320. The standard InChI is InChI=1S/C64H72N4O2.2BrH/c1-45(2)34-53-41-67(32-28-51(53)37-61(67)63(69-43-47-16-7-5-8-17-47)57-26-30-65-59-24-13-11-22-55(57)59)39-49-20-15-21-50(36-49)40-68-33-29-52(54(42-68)35-46(3)4)38-62(68)64(70-44-48-18-9-6-10-19-48)58-27-31-66-60-25-14-12-23-56(58)60;;/h5-27,30-31,34-36,51-54,61-64H,28-29,32-33,37-44H2,1-4H3;2*1H/q+2;;/p-2/t51-,52-,53-,54-,61+,62+,63+,64+,67?,68?;;/m0../s1. The number of halogens is 2. The van der Waals surface area contributed by atoms with Gasteiger partial charge in [0.25, 0.3) is 0 Å². The van der Waals surface area contributed by atoms with Crippen molar-refractivity contribution in [2.24, 2.45) is 23.7 Å². The first-order valence-electron chi connectivity index (χ1n) is 26.3. The van der Waals surface area contributed by atoms with E-state index in [1.54, 1.807) is 0 Å². The third-order valence-corrected chi connectivity index (χ3v) is 17.0. The first-order valence-corrected chi connectivity index (χ1v) is 26.3. The minimum absolute atomic E-state index is 0. The summed E-state index contributed by atoms with van der Waals surface area (Å²) >= 11 is 0. The van der Waals surface area contributed by atoms with Crippen LogP contribution in [0.15, 0.2) is 181 Å². The highest BCUT2D eigenvalue weighted by Gasteiger charge is 2.56. The van der Waals surface area contributed by atoms with Crippen molar-refractivity contribution in [2.75, 3.05) is 26.2 Å². The van der Waals surface area contributed by atoms with Crippen molar-refractivity contribution in [3.63, 3.8) is 0 Å². The number of ether oxygens (including phenoxy) is 2. The molecule has 0 radical (unpaired) electrons. The van der Waals surface area contributed by atoms with Crippen LogP contribution in [0, 0.1) is 23.7 Å². The number of fused-ring (bicyclic) bond motifs is 8. The molecule has 0 spiro atoms. The van der Waals surface area contributed by atoms with Crippen LogP contribution in [0.25, 0.3) is 21.8 Å². The number of rotatable bonds is 16. The van der Waals surface area contributed by atoms with Crippen molar-refractivity contribution in [1.82, 2.24) is 9.97 Å². The summed E-state index contributed by atoms with van der Waals surface area (Å²) in [6.45, 7) is 16.9. The Morgan fingerprint density at radius 2 is 0.917 bits per heavy atom. The summed E-state index contributed by atoms with van der Waals surface area (Å²) in [5.41, 5.74) is 12.8. The average Bonchev–Trinajstić information content (AvgIpc) is 3.37. The Morgan fingerprint density at radius 1 is 0.514 bits per heavy atom. The zero-order chi connectivity index (χ0) is 47.7. The van der Waals surface area contributed by atoms with E-state index in [-0.39, 0.29) is 46.2 Å². The maximum atomic E-state index is 7.35. The zero-order valence-corrected chi connectivity index (χ0v) is 45.8. The molecule has 8 heterocycles. The average molecular weight is 1090 g/mol. The van der Waals surface area contributed by atoms with Crippen molar-refractivity contribution in [3.05, 3.63) is 215 Å². The van der Waals surface area contributed by atoms with Crippen molar-refractivity contribution in [3.8, 4) is 0 Å². The number of quaternary nitrogens is 2. The van der Waals surface area contributed by atoms with Crippen LogP contribution in [0.5, 0.6) is 0 Å². The van der Waals surface area contributed by atoms with Crippen LogP contribution in [-0.2, 0) is 35.8 Å². The van der Waals surface area contributed by atoms with Gasteiger partial charge in [-0.1, -0.05) is 139 Å². The molecular formula is C64H72Br2N4O2. The number of hydrogen-bond donors (Lipinski definition) is 0. The van der Waals surface area contributed by atoms with E-state index in [0.717, 1.165) is 72.1 Å². The van der Waals surface area contributed by atoms with E-state index in [1.807, 2.05) is 12.4 Å². The first-order chi connectivity index (χ1) is 34.2. The second kappa shape index (κ2) is 22.8. The number of allylic oxidation sites excluding steroid dienone is 2. The molecule has 6 aliphatic heterocycles. The van der Waals surface area contributed by atoms with E-state index in [0.29, 0.717) is 49.0 Å². The molecule has 72 heavy (non-hydrogen) atoms. The van der Waals surface area contributed by atoms with Gasteiger partial charge < -0.3 is 52.4 Å². The van der Waals surface area contributed by atoms with Crippen molar-refractivity contribution in [1.29, 1.82) is 0 Å². The monoisotopic (exact) mass is 1090 g/mol. The van der Waals surface area contributed by atoms with Gasteiger partial charge in [-0.25, -0.2) is 0 Å². The van der Waals surface area contributed by atoms with Gasteiger partial charge in [0.05, 0.1) is 50.4 Å². The molecular weight excluding hydrogens is 1020 g/mol. The van der Waals surface area contributed by atoms with Crippen LogP contribution in [0.3, 0.4) is 0 Å². The molecule has 0 amide bonds. The maximum Gasteiger partial charge on any atom is 0.135 e. The second-order valence-electron chi connectivity index (χ2n) is 22.2. The summed E-state index contributed by atoms with van der Waals surface area (Å²) in [6.07, 6.45) is 13.8. The first kappa shape index (κ1) is 52.1. The topological polar surface area (TPSA) is 44.2 Å². The third kappa shape index (κ3) is 10.9. The molecule has 2 unspecified atom stereocenters. The highest BCUT2D eigenvalue weighted by atomic mass is 79.9. The van der Waals surface area contributed by atoms with E-state index in [1.165, 1.54) is 68.1 Å². The fourth-order valence-corrected chi connectivity index (χ4v) is 14.0. The Kier molecular flexibility index (Phi) is 16.5. The lowest BCUT2D eigenvalue weighted by molar-refractivity contribution is -0.985. The highest BCUT2D eigenvalue weighted by Crippen LogP contribution is 2.52. The van der Waals surface area contributed by atoms with Crippen LogP contribution >= 0.6 is 0 Å². The van der Waals surface area contributed by atoms with Gasteiger partial charge in [-0.2, -0.15) is 0 Å². The molecule has 7 aromatic rings. The Morgan fingerprint density at radius 3 is 1.35 bits per heavy atom. The molecule has 13 rings (SSSR count). The molecule has 10 atom stereocenters. The van der Waals surface area contributed by atoms with Crippen LogP contribution < -0.4 is 34.0 Å². The summed E-state index contributed by atoms with van der Waals surface area (Å²) in [7, 11) is 0. The van der Waals surface area contributed by atoms with Gasteiger partial charge in [0.1, 0.15) is 37.4 Å². The molecule has 2 aromatic heterocycles. The van der Waals surface area contributed by atoms with E-state index in [9.17, 15) is 0 Å². The Hall–Kier alpha value is -4.80. The molecule has 5 aromatic carbocycles. The van der Waals surface area contributed by atoms with E-state index in [2.05, 4.69) is 185 Å². The van der Waals surface area contributed by atoms with Crippen molar-refractivity contribution >= 4 is 21.8 Å².